The molecule has 0 aliphatic heterocycles. The highest BCUT2D eigenvalue weighted by atomic mass is 32.1. The van der Waals surface area contributed by atoms with E-state index in [4.69, 9.17) is 5.73 Å². The maximum Gasteiger partial charge on any atom is 0.186 e. The zero-order chi connectivity index (χ0) is 10.6. The maximum atomic E-state index is 11.3. The van der Waals surface area contributed by atoms with Gasteiger partial charge in [0.2, 0.25) is 0 Å². The van der Waals surface area contributed by atoms with Gasteiger partial charge < -0.3 is 10.6 Å². The monoisotopic (exact) mass is 212 g/mol. The van der Waals surface area contributed by atoms with E-state index in [9.17, 15) is 4.79 Å². The molecule has 1 rings (SSSR count). The average Bonchev–Trinajstić information content (AvgIpc) is 2.68. The Balaban J connectivity index is 2.81. The molecule has 2 N–H and O–H groups in total. The second-order valence-corrected chi connectivity index (χ2v) is 4.00. The smallest absolute Gasteiger partial charge is 0.186 e. The average molecular weight is 212 g/mol. The molecule has 0 spiro atoms. The first-order chi connectivity index (χ1) is 6.72. The first kappa shape index (κ1) is 11.2. The van der Waals surface area contributed by atoms with Crippen molar-refractivity contribution in [1.82, 2.24) is 0 Å². The fourth-order valence-electron chi connectivity index (χ4n) is 1.28. The minimum Gasteiger partial charge on any atom is -0.364 e. The van der Waals surface area contributed by atoms with Crippen LogP contribution >= 0.6 is 11.3 Å². The number of nitrogens with two attached hydrogens (primary N) is 1. The molecular weight excluding hydrogens is 196 g/mol. The molecule has 78 valence electrons. The number of hydrogen-bond acceptors (Lipinski definition) is 4. The van der Waals surface area contributed by atoms with Gasteiger partial charge in [-0.2, -0.15) is 0 Å². The van der Waals surface area contributed by atoms with E-state index in [2.05, 4.69) is 18.7 Å². The van der Waals surface area contributed by atoms with Crippen LogP contribution in [0.15, 0.2) is 12.1 Å². The molecule has 1 aromatic heterocycles. The number of rotatable bonds is 5. The van der Waals surface area contributed by atoms with Crippen molar-refractivity contribution in [2.45, 2.75) is 13.8 Å². The summed E-state index contributed by atoms with van der Waals surface area (Å²) >= 11 is 1.52. The molecule has 0 aromatic carbocycles. The van der Waals surface area contributed by atoms with Gasteiger partial charge in [-0.05, 0) is 26.0 Å². The van der Waals surface area contributed by atoms with Crippen LogP contribution in [0, 0.1) is 0 Å². The third kappa shape index (κ3) is 2.33. The maximum absolute atomic E-state index is 11.3. The fourth-order valence-corrected chi connectivity index (χ4v) is 2.37. The van der Waals surface area contributed by atoms with Crippen LogP contribution < -0.4 is 10.6 Å². The highest BCUT2D eigenvalue weighted by molar-refractivity contribution is 7.18. The number of nitrogens with zero attached hydrogens (tertiary/aromatic N) is 1. The Labute approximate surface area is 88.5 Å². The van der Waals surface area contributed by atoms with Gasteiger partial charge in [-0.15, -0.1) is 11.3 Å². The van der Waals surface area contributed by atoms with Crippen LogP contribution in [0.2, 0.25) is 0 Å². The quantitative estimate of drug-likeness (QED) is 0.756. The third-order valence-corrected chi connectivity index (χ3v) is 3.31. The summed E-state index contributed by atoms with van der Waals surface area (Å²) in [6.45, 7) is 6.24. The number of hydrogen-bond donors (Lipinski definition) is 1. The van der Waals surface area contributed by atoms with E-state index in [0.29, 0.717) is 0 Å². The van der Waals surface area contributed by atoms with Crippen LogP contribution in [-0.4, -0.2) is 25.4 Å². The van der Waals surface area contributed by atoms with E-state index in [0.717, 1.165) is 23.0 Å². The van der Waals surface area contributed by atoms with E-state index in [1.165, 1.54) is 11.3 Å². The molecule has 0 saturated carbocycles. The largest absolute Gasteiger partial charge is 0.364 e. The number of anilines is 1. The van der Waals surface area contributed by atoms with Crippen molar-refractivity contribution in [2.24, 2.45) is 5.73 Å². The minimum atomic E-state index is 0.0217. The van der Waals surface area contributed by atoms with Gasteiger partial charge in [-0.3, -0.25) is 4.79 Å². The van der Waals surface area contributed by atoms with Gasteiger partial charge in [-0.25, -0.2) is 0 Å². The zero-order valence-corrected chi connectivity index (χ0v) is 9.43. The summed E-state index contributed by atoms with van der Waals surface area (Å²) in [6.07, 6.45) is 0. The lowest BCUT2D eigenvalue weighted by atomic mass is 10.3. The summed E-state index contributed by atoms with van der Waals surface area (Å²) in [5, 5.41) is 1.15. The van der Waals surface area contributed by atoms with Gasteiger partial charge in [0.25, 0.3) is 0 Å². The fraction of sp³-hybridized carbons (Fsp3) is 0.500. The number of ketones is 1. The van der Waals surface area contributed by atoms with Gasteiger partial charge in [-0.1, -0.05) is 0 Å². The number of carbonyl (C=O) groups is 1. The van der Waals surface area contributed by atoms with Crippen molar-refractivity contribution in [3.63, 3.8) is 0 Å². The summed E-state index contributed by atoms with van der Waals surface area (Å²) in [4.78, 5) is 14.3. The number of thiophene rings is 1. The van der Waals surface area contributed by atoms with E-state index in [-0.39, 0.29) is 12.3 Å². The van der Waals surface area contributed by atoms with Crippen molar-refractivity contribution in [2.75, 3.05) is 24.5 Å². The molecule has 1 aromatic rings. The lowest BCUT2D eigenvalue weighted by Crippen LogP contribution is -2.20. The molecule has 0 aliphatic rings. The molecule has 14 heavy (non-hydrogen) atoms. The van der Waals surface area contributed by atoms with E-state index >= 15 is 0 Å². The molecule has 0 amide bonds. The predicted molar refractivity (Wildman–Crippen MR) is 61.3 cm³/mol. The highest BCUT2D eigenvalue weighted by Crippen LogP contribution is 2.25. The summed E-state index contributed by atoms with van der Waals surface area (Å²) in [6, 6.07) is 3.84. The van der Waals surface area contributed by atoms with Crippen LogP contribution in [0.3, 0.4) is 0 Å². The normalized spacial score (nSPS) is 10.2. The Bertz CT molecular complexity index is 305. The van der Waals surface area contributed by atoms with Gasteiger partial charge in [0.05, 0.1) is 16.4 Å². The van der Waals surface area contributed by atoms with Crippen molar-refractivity contribution in [3.05, 3.63) is 17.0 Å². The Hall–Kier alpha value is -0.870. The van der Waals surface area contributed by atoms with Crippen molar-refractivity contribution < 1.29 is 4.79 Å². The molecule has 0 aliphatic carbocycles. The standard InChI is InChI=1S/C10H16N2OS/c1-3-12(4-2)10-6-5-9(14-10)8(13)7-11/h5-6H,3-4,7,11H2,1-2H3. The van der Waals surface area contributed by atoms with E-state index < -0.39 is 0 Å². The molecule has 3 nitrogen and oxygen atoms in total. The summed E-state index contributed by atoms with van der Waals surface area (Å²) in [7, 11) is 0. The van der Waals surface area contributed by atoms with Gasteiger partial charge >= 0.3 is 0 Å². The molecule has 0 radical (unpaired) electrons. The topological polar surface area (TPSA) is 46.3 Å². The van der Waals surface area contributed by atoms with Crippen molar-refractivity contribution in [3.8, 4) is 0 Å². The van der Waals surface area contributed by atoms with Gasteiger partial charge in [0.1, 0.15) is 0 Å². The Morgan fingerprint density at radius 1 is 1.43 bits per heavy atom. The number of Topliss-reactive ketones (excluding diaryl/α,β-unsaturated/α-hetero) is 1. The predicted octanol–water partition coefficient (Wildman–Crippen LogP) is 1.74. The molecule has 0 unspecified atom stereocenters. The van der Waals surface area contributed by atoms with Gasteiger partial charge in [0, 0.05) is 13.1 Å². The summed E-state index contributed by atoms with van der Waals surface area (Å²) < 4.78 is 0. The van der Waals surface area contributed by atoms with E-state index in [1.54, 1.807) is 0 Å². The minimum absolute atomic E-state index is 0.0217. The molecular formula is C10H16N2OS. The SMILES string of the molecule is CCN(CC)c1ccc(C(=O)CN)s1. The molecule has 0 fully saturated rings. The highest BCUT2D eigenvalue weighted by Gasteiger charge is 2.09. The molecule has 0 atom stereocenters. The van der Waals surface area contributed by atoms with Crippen molar-refractivity contribution >= 4 is 22.1 Å². The Kier molecular flexibility index (Phi) is 4.10. The van der Waals surface area contributed by atoms with Gasteiger partial charge in [0.15, 0.2) is 5.78 Å². The van der Waals surface area contributed by atoms with Crippen LogP contribution in [-0.2, 0) is 0 Å². The lowest BCUT2D eigenvalue weighted by Gasteiger charge is -2.17. The van der Waals surface area contributed by atoms with Crippen molar-refractivity contribution in [1.29, 1.82) is 0 Å². The van der Waals surface area contributed by atoms with Crippen LogP contribution in [0.25, 0.3) is 0 Å². The first-order valence-corrected chi connectivity index (χ1v) is 5.62. The van der Waals surface area contributed by atoms with Crippen LogP contribution in [0.5, 0.6) is 0 Å². The molecule has 1 heterocycles. The lowest BCUT2D eigenvalue weighted by molar-refractivity contribution is 0.100. The second-order valence-electron chi connectivity index (χ2n) is 2.94. The Morgan fingerprint density at radius 2 is 2.07 bits per heavy atom. The second kappa shape index (κ2) is 5.12. The summed E-state index contributed by atoms with van der Waals surface area (Å²) in [5.74, 6) is 0.0217. The number of carbonyl (C=O) groups excluding carboxylic acids is 1. The first-order valence-electron chi connectivity index (χ1n) is 4.81. The Morgan fingerprint density at radius 3 is 2.57 bits per heavy atom. The molecule has 0 saturated heterocycles. The van der Waals surface area contributed by atoms with E-state index in [1.807, 2.05) is 12.1 Å². The van der Waals surface area contributed by atoms with Crippen LogP contribution in [0.1, 0.15) is 23.5 Å². The third-order valence-electron chi connectivity index (χ3n) is 2.13. The summed E-state index contributed by atoms with van der Waals surface area (Å²) in [5.41, 5.74) is 5.30. The molecule has 4 heteroatoms. The van der Waals surface area contributed by atoms with Crippen LogP contribution in [0.4, 0.5) is 5.00 Å². The zero-order valence-electron chi connectivity index (χ0n) is 8.62. The molecule has 0 bridgehead atoms.